The van der Waals surface area contributed by atoms with Crippen molar-refractivity contribution in [1.29, 1.82) is 0 Å². The third kappa shape index (κ3) is 4.38. The summed E-state index contributed by atoms with van der Waals surface area (Å²) in [6.07, 6.45) is 5.03. The number of benzene rings is 2. The van der Waals surface area contributed by atoms with E-state index in [4.69, 9.17) is 4.74 Å². The van der Waals surface area contributed by atoms with E-state index in [2.05, 4.69) is 20.3 Å². The van der Waals surface area contributed by atoms with Crippen molar-refractivity contribution in [3.8, 4) is 17.1 Å². The maximum atomic E-state index is 12.7. The number of rotatable bonds is 6. The number of nitrogens with one attached hydrogen (secondary N) is 2. The Morgan fingerprint density at radius 1 is 1.03 bits per heavy atom. The quantitative estimate of drug-likeness (QED) is 0.469. The van der Waals surface area contributed by atoms with Crippen LogP contribution in [-0.4, -0.2) is 20.9 Å². The lowest BCUT2D eigenvalue weighted by Gasteiger charge is -2.14. The Morgan fingerprint density at radius 2 is 1.87 bits per heavy atom. The van der Waals surface area contributed by atoms with E-state index in [1.807, 2.05) is 50.2 Å². The molecule has 0 saturated heterocycles. The molecule has 1 atom stereocenters. The summed E-state index contributed by atoms with van der Waals surface area (Å²) in [5, 5.41) is 2.98. The molecule has 0 fully saturated rings. The summed E-state index contributed by atoms with van der Waals surface area (Å²) < 4.78 is 5.92. The lowest BCUT2D eigenvalue weighted by molar-refractivity contribution is 0.102. The van der Waals surface area contributed by atoms with Crippen LogP contribution in [0.2, 0.25) is 0 Å². The highest BCUT2D eigenvalue weighted by Gasteiger charge is 2.12. The molecule has 4 aromatic rings. The van der Waals surface area contributed by atoms with E-state index in [1.54, 1.807) is 42.9 Å². The molecule has 1 amide bonds. The molecule has 2 N–H and O–H groups in total. The molecule has 0 spiro atoms. The molecular formula is C24H22N4O2. The van der Waals surface area contributed by atoms with Gasteiger partial charge in [0.15, 0.2) is 0 Å². The minimum absolute atomic E-state index is 0.181. The molecule has 0 bridgehead atoms. The van der Waals surface area contributed by atoms with E-state index >= 15 is 0 Å². The summed E-state index contributed by atoms with van der Waals surface area (Å²) in [7, 11) is 0. The van der Waals surface area contributed by atoms with Gasteiger partial charge < -0.3 is 15.0 Å². The molecule has 30 heavy (non-hydrogen) atoms. The first kappa shape index (κ1) is 19.4. The second-order valence-corrected chi connectivity index (χ2v) is 6.96. The van der Waals surface area contributed by atoms with Gasteiger partial charge in [0.25, 0.3) is 5.91 Å². The van der Waals surface area contributed by atoms with E-state index < -0.39 is 0 Å². The van der Waals surface area contributed by atoms with Crippen molar-refractivity contribution in [3.63, 3.8) is 0 Å². The minimum atomic E-state index is -0.183. The normalized spacial score (nSPS) is 11.7. The van der Waals surface area contributed by atoms with Gasteiger partial charge in [0.2, 0.25) is 0 Å². The molecule has 6 nitrogen and oxygen atoms in total. The lowest BCUT2D eigenvalue weighted by atomic mass is 10.1. The molecule has 6 heteroatoms. The van der Waals surface area contributed by atoms with Crippen molar-refractivity contribution in [2.75, 3.05) is 5.32 Å². The van der Waals surface area contributed by atoms with Gasteiger partial charge in [-0.05, 0) is 61.9 Å². The Hall–Kier alpha value is -3.93. The van der Waals surface area contributed by atoms with Crippen LogP contribution in [0.3, 0.4) is 0 Å². The number of aromatic nitrogens is 3. The fraction of sp³-hybridized carbons (Fsp3) is 0.125. The summed E-state index contributed by atoms with van der Waals surface area (Å²) >= 11 is 0. The average molecular weight is 398 g/mol. The SMILES string of the molecule is Cc1ccc(-c2ncc[nH]2)cc1NC(=O)c1ccc(OC(C)c2ccccn2)cc1. The van der Waals surface area contributed by atoms with E-state index in [9.17, 15) is 4.79 Å². The van der Waals surface area contributed by atoms with Crippen LogP contribution >= 0.6 is 0 Å². The number of amides is 1. The molecule has 0 radical (unpaired) electrons. The summed E-state index contributed by atoms with van der Waals surface area (Å²) in [4.78, 5) is 24.4. The van der Waals surface area contributed by atoms with Crippen LogP contribution in [0.4, 0.5) is 5.69 Å². The van der Waals surface area contributed by atoms with Gasteiger partial charge in [-0.3, -0.25) is 9.78 Å². The molecular weight excluding hydrogens is 376 g/mol. The number of aryl methyl sites for hydroxylation is 1. The van der Waals surface area contributed by atoms with Crippen molar-refractivity contribution >= 4 is 11.6 Å². The first-order chi connectivity index (χ1) is 14.6. The highest BCUT2D eigenvalue weighted by atomic mass is 16.5. The molecule has 2 heterocycles. The average Bonchev–Trinajstić information content (AvgIpc) is 3.31. The molecule has 0 aliphatic heterocycles. The summed E-state index contributed by atoms with van der Waals surface area (Å²) in [5.74, 6) is 1.26. The lowest BCUT2D eigenvalue weighted by Crippen LogP contribution is -2.13. The van der Waals surface area contributed by atoms with E-state index in [-0.39, 0.29) is 12.0 Å². The number of imidazole rings is 1. The molecule has 2 aromatic carbocycles. The Labute approximate surface area is 175 Å². The second kappa shape index (κ2) is 8.61. The molecule has 2 aromatic heterocycles. The van der Waals surface area contributed by atoms with Crippen LogP contribution in [0, 0.1) is 6.92 Å². The summed E-state index contributed by atoms with van der Waals surface area (Å²) in [6.45, 7) is 3.90. The third-order valence-electron chi connectivity index (χ3n) is 4.79. The Morgan fingerprint density at radius 3 is 2.57 bits per heavy atom. The Balaban J connectivity index is 1.45. The van der Waals surface area contributed by atoms with E-state index in [0.717, 1.165) is 28.3 Å². The predicted octanol–water partition coefficient (Wildman–Crippen LogP) is 5.17. The molecule has 4 rings (SSSR count). The topological polar surface area (TPSA) is 79.9 Å². The minimum Gasteiger partial charge on any atom is -0.484 e. The summed E-state index contributed by atoms with van der Waals surface area (Å²) in [6, 6.07) is 18.7. The number of hydrogen-bond acceptors (Lipinski definition) is 4. The molecule has 1 unspecified atom stereocenters. The van der Waals surface area contributed by atoms with Crippen LogP contribution in [-0.2, 0) is 0 Å². The largest absolute Gasteiger partial charge is 0.484 e. The van der Waals surface area contributed by atoms with Gasteiger partial charge in [0.1, 0.15) is 17.7 Å². The number of H-pyrrole nitrogens is 1. The zero-order chi connectivity index (χ0) is 20.9. The highest BCUT2D eigenvalue weighted by molar-refractivity contribution is 6.05. The van der Waals surface area contributed by atoms with Gasteiger partial charge in [-0.2, -0.15) is 0 Å². The summed E-state index contributed by atoms with van der Waals surface area (Å²) in [5.41, 5.74) is 4.04. The number of hydrogen-bond donors (Lipinski definition) is 2. The van der Waals surface area contributed by atoms with Gasteiger partial charge in [-0.15, -0.1) is 0 Å². The monoisotopic (exact) mass is 398 g/mol. The maximum Gasteiger partial charge on any atom is 0.255 e. The fourth-order valence-electron chi connectivity index (χ4n) is 3.09. The van der Waals surface area contributed by atoms with Crippen LogP contribution in [0.15, 0.2) is 79.3 Å². The van der Waals surface area contributed by atoms with Gasteiger partial charge in [-0.25, -0.2) is 4.98 Å². The number of pyridine rings is 1. The number of carbonyl (C=O) groups excluding carboxylic acids is 1. The van der Waals surface area contributed by atoms with Crippen molar-refractivity contribution in [2.45, 2.75) is 20.0 Å². The number of ether oxygens (including phenoxy) is 1. The van der Waals surface area contributed by atoms with Crippen molar-refractivity contribution in [2.24, 2.45) is 0 Å². The van der Waals surface area contributed by atoms with E-state index in [0.29, 0.717) is 11.3 Å². The smallest absolute Gasteiger partial charge is 0.255 e. The van der Waals surface area contributed by atoms with Crippen LogP contribution in [0.1, 0.15) is 34.6 Å². The fourth-order valence-corrected chi connectivity index (χ4v) is 3.09. The van der Waals surface area contributed by atoms with Crippen LogP contribution in [0.5, 0.6) is 5.75 Å². The van der Waals surface area contributed by atoms with Gasteiger partial charge >= 0.3 is 0 Å². The Kier molecular flexibility index (Phi) is 5.57. The predicted molar refractivity (Wildman–Crippen MR) is 116 cm³/mol. The molecule has 0 aliphatic rings. The van der Waals surface area contributed by atoms with Crippen LogP contribution < -0.4 is 10.1 Å². The van der Waals surface area contributed by atoms with Gasteiger partial charge in [0.05, 0.1) is 5.69 Å². The zero-order valence-corrected chi connectivity index (χ0v) is 16.8. The first-order valence-corrected chi connectivity index (χ1v) is 9.69. The van der Waals surface area contributed by atoms with Crippen molar-refractivity contribution in [3.05, 3.63) is 96.1 Å². The maximum absolute atomic E-state index is 12.7. The number of carbonyl (C=O) groups is 1. The van der Waals surface area contributed by atoms with Gasteiger partial charge in [-0.1, -0.05) is 18.2 Å². The molecule has 150 valence electrons. The zero-order valence-electron chi connectivity index (χ0n) is 16.8. The highest BCUT2D eigenvalue weighted by Crippen LogP contribution is 2.24. The standard InChI is InChI=1S/C24H22N4O2/c1-16-6-7-19(23-26-13-14-27-23)15-22(16)28-24(29)18-8-10-20(11-9-18)30-17(2)21-5-3-4-12-25-21/h3-15,17H,1-2H3,(H,26,27)(H,28,29). The van der Waals surface area contributed by atoms with Gasteiger partial charge in [0, 0.05) is 35.4 Å². The first-order valence-electron chi connectivity index (χ1n) is 9.69. The second-order valence-electron chi connectivity index (χ2n) is 6.96. The van der Waals surface area contributed by atoms with E-state index in [1.165, 1.54) is 0 Å². The number of anilines is 1. The third-order valence-corrected chi connectivity index (χ3v) is 4.79. The molecule has 0 aliphatic carbocycles. The number of nitrogens with zero attached hydrogens (tertiary/aromatic N) is 2. The van der Waals surface area contributed by atoms with Crippen molar-refractivity contribution < 1.29 is 9.53 Å². The number of aromatic amines is 1. The Bertz CT molecular complexity index is 1120. The van der Waals surface area contributed by atoms with Crippen LogP contribution in [0.25, 0.3) is 11.4 Å². The molecule has 0 saturated carbocycles. The van der Waals surface area contributed by atoms with Crippen molar-refractivity contribution in [1.82, 2.24) is 15.0 Å².